The Balaban J connectivity index is 3.14. The molecule has 1 unspecified atom stereocenters. The molecule has 8 nitrogen and oxygen atoms in total. The average molecular weight is 411 g/mol. The summed E-state index contributed by atoms with van der Waals surface area (Å²) in [7, 11) is 1.75. The summed E-state index contributed by atoms with van der Waals surface area (Å²) >= 11 is 0. The zero-order valence-corrected chi connectivity index (χ0v) is 18.9. The molecule has 29 heavy (non-hydrogen) atoms. The molecule has 2 amide bonds. The lowest BCUT2D eigenvalue weighted by Gasteiger charge is -2.34. The van der Waals surface area contributed by atoms with E-state index in [0.29, 0.717) is 18.0 Å². The molecular weight excluding hydrogens is 374 g/mol. The molecule has 0 saturated heterocycles. The highest BCUT2D eigenvalue weighted by Gasteiger charge is 2.34. The second-order valence-corrected chi connectivity index (χ2v) is 8.96. The maximum atomic E-state index is 12.5. The lowest BCUT2D eigenvalue weighted by Crippen LogP contribution is -2.64. The van der Waals surface area contributed by atoms with Gasteiger partial charge in [0.25, 0.3) is 0 Å². The van der Waals surface area contributed by atoms with Gasteiger partial charge in [-0.2, -0.15) is 10.0 Å². The minimum absolute atomic E-state index is 0.0284. The fraction of sp³-hybridized carbons (Fsp3) is 0.619. The number of hydrogen-bond acceptors (Lipinski definition) is 5. The van der Waals surface area contributed by atoms with Gasteiger partial charge in [-0.1, -0.05) is 19.1 Å². The summed E-state index contributed by atoms with van der Waals surface area (Å²) in [5, 5.41) is 2.72. The fourth-order valence-electron chi connectivity index (χ4n) is 2.42. The summed E-state index contributed by atoms with van der Waals surface area (Å²) in [4.78, 5) is 24.7. The van der Waals surface area contributed by atoms with Gasteiger partial charge in [0.1, 0.15) is 11.2 Å². The number of carbonyl (C=O) groups excluding carboxylic acids is 2. The number of carbonyl (C=O) groups is 2. The second-order valence-electron chi connectivity index (χ2n) is 8.96. The first-order chi connectivity index (χ1) is 13.3. The van der Waals surface area contributed by atoms with E-state index in [1.54, 1.807) is 48.6 Å². The van der Waals surface area contributed by atoms with Gasteiger partial charge in [-0.25, -0.2) is 9.59 Å². The molecule has 0 aliphatic carbocycles. The van der Waals surface area contributed by atoms with Crippen LogP contribution in [0, 0.1) is 0 Å². The second kappa shape index (κ2) is 9.82. The van der Waals surface area contributed by atoms with Crippen molar-refractivity contribution in [3.8, 4) is 5.75 Å². The third-order valence-electron chi connectivity index (χ3n) is 3.53. The van der Waals surface area contributed by atoms with Crippen molar-refractivity contribution in [2.24, 2.45) is 0 Å². The Bertz CT molecular complexity index is 694. The van der Waals surface area contributed by atoms with Crippen molar-refractivity contribution in [3.05, 3.63) is 24.3 Å². The van der Waals surface area contributed by atoms with E-state index in [1.165, 1.54) is 0 Å². The topological polar surface area (TPSA) is 85.9 Å². The van der Waals surface area contributed by atoms with Gasteiger partial charge in [-0.15, -0.1) is 0 Å². The lowest BCUT2D eigenvalue weighted by molar-refractivity contribution is 0.0313. The molecular formula is C21H36N3O5+. The molecule has 1 aromatic carbocycles. The Labute approximate surface area is 174 Å². The van der Waals surface area contributed by atoms with Crippen LogP contribution in [0.3, 0.4) is 0 Å². The SMILES string of the molecule is CCCOc1ccccc1[N+](C)(CNC(=O)OC(C)(C)C)NC(=O)OC(C)(C)C. The molecule has 1 atom stereocenters. The Kier molecular flexibility index (Phi) is 8.32. The first-order valence-electron chi connectivity index (χ1n) is 9.82. The molecule has 2 N–H and O–H groups in total. The van der Waals surface area contributed by atoms with Crippen molar-refractivity contribution in [3.63, 3.8) is 0 Å². The number of nitrogens with zero attached hydrogens (tertiary/aromatic N) is 1. The molecule has 0 bridgehead atoms. The van der Waals surface area contributed by atoms with E-state index in [-0.39, 0.29) is 11.3 Å². The number of nitrogens with one attached hydrogen (secondary N) is 2. The van der Waals surface area contributed by atoms with Crippen molar-refractivity contribution in [1.82, 2.24) is 15.3 Å². The highest BCUT2D eigenvalue weighted by Crippen LogP contribution is 2.31. The third-order valence-corrected chi connectivity index (χ3v) is 3.53. The smallest absolute Gasteiger partial charge is 0.452 e. The van der Waals surface area contributed by atoms with Crippen molar-refractivity contribution >= 4 is 17.9 Å². The normalized spacial score (nSPS) is 13.8. The van der Waals surface area contributed by atoms with Crippen LogP contribution in [0.2, 0.25) is 0 Å². The van der Waals surface area contributed by atoms with E-state index in [4.69, 9.17) is 14.2 Å². The summed E-state index contributed by atoms with van der Waals surface area (Å²) in [5.74, 6) is 0.610. The van der Waals surface area contributed by atoms with Gasteiger partial charge >= 0.3 is 12.2 Å². The van der Waals surface area contributed by atoms with E-state index in [9.17, 15) is 9.59 Å². The number of hydrogen-bond donors (Lipinski definition) is 2. The molecule has 0 aliphatic rings. The van der Waals surface area contributed by atoms with Gasteiger partial charge in [0.15, 0.2) is 12.4 Å². The standard InChI is InChI=1S/C21H35N3O5/c1-9-14-27-17-13-11-10-12-16(17)24(8,23-19(26)29-21(5,6)7)15-22-18(25)28-20(2,3)4/h10-13H,9,14-15H2,1-8H3,(H-,22,23,25,26)/p+1. The number of rotatable bonds is 7. The first-order valence-corrected chi connectivity index (χ1v) is 9.82. The summed E-state index contributed by atoms with van der Waals surface area (Å²) in [6.07, 6.45) is -0.357. The van der Waals surface area contributed by atoms with Crippen molar-refractivity contribution in [2.75, 3.05) is 20.3 Å². The van der Waals surface area contributed by atoms with Crippen LogP contribution in [0.15, 0.2) is 24.3 Å². The molecule has 0 fully saturated rings. The Morgan fingerprint density at radius 1 is 0.966 bits per heavy atom. The molecule has 0 heterocycles. The molecule has 1 rings (SSSR count). The average Bonchev–Trinajstić information content (AvgIpc) is 2.55. The summed E-state index contributed by atoms with van der Waals surface area (Å²) in [5.41, 5.74) is 2.20. The molecule has 0 spiro atoms. The minimum atomic E-state index is -0.661. The monoisotopic (exact) mass is 410 g/mol. The number of amides is 2. The van der Waals surface area contributed by atoms with Crippen LogP contribution in [-0.2, 0) is 9.47 Å². The zero-order chi connectivity index (χ0) is 22.3. The van der Waals surface area contributed by atoms with Gasteiger partial charge in [0, 0.05) is 6.07 Å². The van der Waals surface area contributed by atoms with Crippen LogP contribution in [0.25, 0.3) is 0 Å². The van der Waals surface area contributed by atoms with Crippen LogP contribution < -0.4 is 20.1 Å². The summed E-state index contributed by atoms with van der Waals surface area (Å²) in [6, 6.07) is 7.35. The number of benzene rings is 1. The van der Waals surface area contributed by atoms with Crippen LogP contribution in [0.4, 0.5) is 15.3 Å². The summed E-state index contributed by atoms with van der Waals surface area (Å²) < 4.78 is 16.4. The van der Waals surface area contributed by atoms with Crippen molar-refractivity contribution in [2.45, 2.75) is 66.1 Å². The van der Waals surface area contributed by atoms with Crippen LogP contribution >= 0.6 is 0 Å². The molecule has 0 saturated carbocycles. The summed E-state index contributed by atoms with van der Waals surface area (Å²) in [6.45, 7) is 13.3. The number of ether oxygens (including phenoxy) is 3. The van der Waals surface area contributed by atoms with E-state index in [1.807, 2.05) is 31.2 Å². The van der Waals surface area contributed by atoms with Gasteiger partial charge in [-0.3, -0.25) is 5.32 Å². The number of quaternary nitrogens is 1. The van der Waals surface area contributed by atoms with Gasteiger partial charge in [0.2, 0.25) is 5.69 Å². The minimum Gasteiger partial charge on any atom is -0.487 e. The third kappa shape index (κ3) is 9.04. The predicted octanol–water partition coefficient (Wildman–Crippen LogP) is 4.33. The van der Waals surface area contributed by atoms with E-state index in [0.717, 1.165) is 6.42 Å². The zero-order valence-electron chi connectivity index (χ0n) is 18.9. The van der Waals surface area contributed by atoms with Gasteiger partial charge < -0.3 is 14.2 Å². The maximum absolute atomic E-state index is 12.5. The molecule has 0 radical (unpaired) electrons. The van der Waals surface area contributed by atoms with E-state index < -0.39 is 23.4 Å². The Morgan fingerprint density at radius 3 is 2.07 bits per heavy atom. The molecule has 1 aromatic rings. The van der Waals surface area contributed by atoms with Crippen molar-refractivity contribution < 1.29 is 23.8 Å². The molecule has 8 heteroatoms. The highest BCUT2D eigenvalue weighted by atomic mass is 16.6. The van der Waals surface area contributed by atoms with E-state index in [2.05, 4.69) is 10.7 Å². The maximum Gasteiger partial charge on any atom is 0.452 e. The number of para-hydroxylation sites is 2. The van der Waals surface area contributed by atoms with Gasteiger partial charge in [-0.05, 0) is 54.0 Å². The van der Waals surface area contributed by atoms with Crippen LogP contribution in [0.1, 0.15) is 54.9 Å². The first kappa shape index (κ1) is 24.6. The van der Waals surface area contributed by atoms with Gasteiger partial charge in [0.05, 0.1) is 13.7 Å². The number of alkyl carbamates (subject to hydrolysis) is 1. The van der Waals surface area contributed by atoms with Crippen LogP contribution in [-0.4, -0.2) is 43.7 Å². The highest BCUT2D eigenvalue weighted by molar-refractivity contribution is 5.71. The van der Waals surface area contributed by atoms with Crippen LogP contribution in [0.5, 0.6) is 5.75 Å². The van der Waals surface area contributed by atoms with Crippen molar-refractivity contribution in [1.29, 1.82) is 0 Å². The Hall–Kier alpha value is -2.48. The predicted molar refractivity (Wildman–Crippen MR) is 114 cm³/mol. The Morgan fingerprint density at radius 2 is 1.52 bits per heavy atom. The fourth-order valence-corrected chi connectivity index (χ4v) is 2.42. The molecule has 0 aliphatic heterocycles. The molecule has 164 valence electrons. The molecule has 0 aromatic heterocycles. The lowest BCUT2D eigenvalue weighted by atomic mass is 10.2. The van der Waals surface area contributed by atoms with E-state index >= 15 is 0 Å². The largest absolute Gasteiger partial charge is 0.487 e. The quantitative estimate of drug-likeness (QED) is 0.397.